The second kappa shape index (κ2) is 17.0. The van der Waals surface area contributed by atoms with Gasteiger partial charge in [0.05, 0.1) is 0 Å². The molecule has 0 spiro atoms. The topological polar surface area (TPSA) is 0 Å². The number of halogens is 2. The summed E-state index contributed by atoms with van der Waals surface area (Å²) < 4.78 is 0. The Balaban J connectivity index is 0. The molecule has 0 aromatic heterocycles. The average Bonchev–Trinajstić information content (AvgIpc) is 3.33. The molecule has 0 heterocycles. The molecule has 0 bridgehead atoms. The maximum absolute atomic E-state index is 2.39. The number of benzene rings is 2. The van der Waals surface area contributed by atoms with Crippen LogP contribution in [0.15, 0.2) is 84.9 Å². The summed E-state index contributed by atoms with van der Waals surface area (Å²) >= 11 is 0. The Morgan fingerprint density at radius 3 is 1.32 bits per heavy atom. The van der Waals surface area contributed by atoms with Gasteiger partial charge in [0.25, 0.3) is 0 Å². The van der Waals surface area contributed by atoms with Gasteiger partial charge in [-0.15, -0.1) is 59.3 Å². The van der Waals surface area contributed by atoms with Crippen LogP contribution in [0.4, 0.5) is 0 Å². The van der Waals surface area contributed by atoms with Crippen molar-refractivity contribution in [2.24, 2.45) is 0 Å². The van der Waals surface area contributed by atoms with Gasteiger partial charge < -0.3 is 38.7 Å². The number of hydrogen-bond donors (Lipinski definition) is 0. The Morgan fingerprint density at radius 2 is 1.00 bits per heavy atom. The van der Waals surface area contributed by atoms with E-state index in [2.05, 4.69) is 91.3 Å². The molecule has 1 aliphatic carbocycles. The van der Waals surface area contributed by atoms with Crippen LogP contribution in [0.5, 0.6) is 0 Å². The van der Waals surface area contributed by atoms with Crippen LogP contribution in [-0.4, -0.2) is 0 Å². The Morgan fingerprint density at radius 1 is 0.571 bits per heavy atom. The van der Waals surface area contributed by atoms with Crippen molar-refractivity contribution >= 4 is 21.5 Å². The smallest absolute Gasteiger partial charge is 1.00 e. The van der Waals surface area contributed by atoms with Crippen molar-refractivity contribution in [1.29, 1.82) is 0 Å². The molecule has 4 aromatic rings. The van der Waals surface area contributed by atoms with Gasteiger partial charge in [-0.05, 0) is 0 Å². The van der Waals surface area contributed by atoms with E-state index in [-0.39, 0.29) is 58.4 Å². The van der Waals surface area contributed by atoms with Gasteiger partial charge in [0.15, 0.2) is 0 Å². The second-order valence-electron chi connectivity index (χ2n) is 6.24. The minimum absolute atomic E-state index is 0. The number of rotatable bonds is 0. The summed E-state index contributed by atoms with van der Waals surface area (Å²) in [5, 5.41) is 5.32. The van der Waals surface area contributed by atoms with Gasteiger partial charge in [0, 0.05) is 0 Å². The van der Waals surface area contributed by atoms with E-state index in [0.717, 1.165) is 0 Å². The summed E-state index contributed by atoms with van der Waals surface area (Å²) in [6, 6.07) is 29.3. The van der Waals surface area contributed by atoms with Crippen molar-refractivity contribution in [3.63, 3.8) is 0 Å². The quantitative estimate of drug-likeness (QED) is 0.330. The third-order valence-electron chi connectivity index (χ3n) is 4.41. The normalized spacial score (nSPS) is 11.7. The predicted octanol–water partition coefficient (Wildman–Crippen LogP) is 1.73. The fraction of sp³-hybridized carbons (Fsp3) is 0.200. The van der Waals surface area contributed by atoms with Crippen LogP contribution in [0.2, 0.25) is 0 Å². The predicted molar refractivity (Wildman–Crippen MR) is 113 cm³/mol. The van der Waals surface area contributed by atoms with Gasteiger partial charge >= 0.3 is 26.2 Å². The molecule has 1 aliphatic rings. The molecule has 0 N–H and O–H groups in total. The first-order chi connectivity index (χ1) is 11.9. The van der Waals surface area contributed by atoms with Crippen LogP contribution >= 0.6 is 0 Å². The molecular weight excluding hydrogens is 462 g/mol. The molecule has 28 heavy (non-hydrogen) atoms. The van der Waals surface area contributed by atoms with E-state index in [1.165, 1.54) is 53.6 Å². The van der Waals surface area contributed by atoms with Crippen molar-refractivity contribution < 1.29 is 51.0 Å². The summed E-state index contributed by atoms with van der Waals surface area (Å²) in [6.07, 6.45) is 9.50. The molecule has 1 fully saturated rings. The summed E-state index contributed by atoms with van der Waals surface area (Å²) in [5.41, 5.74) is 0. The van der Waals surface area contributed by atoms with E-state index >= 15 is 0 Å². The van der Waals surface area contributed by atoms with E-state index in [9.17, 15) is 0 Å². The molecule has 0 radical (unpaired) electrons. The van der Waals surface area contributed by atoms with Gasteiger partial charge in [-0.3, -0.25) is 0 Å². The minimum Gasteiger partial charge on any atom is -1.00 e. The monoisotopic (exact) mass is 488 g/mol. The first kappa shape index (κ1) is 29.3. The molecule has 0 atom stereocenters. The number of fused-ring (bicyclic) bond motifs is 2. The largest absolute Gasteiger partial charge is 2.00 e. The Bertz CT molecular complexity index is 706. The minimum atomic E-state index is 0. The molecule has 0 unspecified atom stereocenters. The zero-order valence-electron chi connectivity index (χ0n) is 16.5. The second-order valence-corrected chi connectivity index (χ2v) is 6.24. The van der Waals surface area contributed by atoms with E-state index < -0.39 is 0 Å². The Kier molecular flexibility index (Phi) is 17.8. The fourth-order valence-corrected chi connectivity index (χ4v) is 3.04. The summed E-state index contributed by atoms with van der Waals surface area (Å²) in [5.74, 6) is 0. The zero-order chi connectivity index (χ0) is 16.5. The zero-order valence-corrected chi connectivity index (χ0v) is 20.4. The van der Waals surface area contributed by atoms with E-state index in [4.69, 9.17) is 0 Å². The van der Waals surface area contributed by atoms with Crippen LogP contribution in [-0.2, 0) is 26.2 Å². The molecule has 4 aromatic carbocycles. The summed E-state index contributed by atoms with van der Waals surface area (Å²) in [7, 11) is 0. The van der Waals surface area contributed by atoms with Crippen LogP contribution in [0.25, 0.3) is 21.5 Å². The number of hydrogen-bond acceptors (Lipinski definition) is 0. The molecule has 0 aliphatic heterocycles. The maximum atomic E-state index is 2.39. The third kappa shape index (κ3) is 9.55. The fourth-order valence-electron chi connectivity index (χ4n) is 3.04. The first-order valence-electron chi connectivity index (χ1n) is 8.96. The standard InChI is InChI=1S/2C9H7.C6H11.CH3.2ClH.Zr/c2*1-2-5-9-7-3-6-8(9)4-1;1-2-4-6-5-3-1;;;;/h2*1-7H;1H,2-6H2;1H3;2*1H;/q4*-1;;;+2/p-2. The van der Waals surface area contributed by atoms with Crippen LogP contribution in [0.3, 0.4) is 0 Å². The molecule has 150 valence electrons. The van der Waals surface area contributed by atoms with Crippen LogP contribution < -0.4 is 24.8 Å². The maximum Gasteiger partial charge on any atom is 2.00 e. The molecule has 0 saturated heterocycles. The molecule has 1 saturated carbocycles. The van der Waals surface area contributed by atoms with E-state index in [1.54, 1.807) is 0 Å². The Labute approximate surface area is 202 Å². The van der Waals surface area contributed by atoms with Crippen molar-refractivity contribution in [3.05, 3.63) is 98.8 Å². The first-order valence-corrected chi connectivity index (χ1v) is 8.96. The van der Waals surface area contributed by atoms with Crippen LogP contribution in [0.1, 0.15) is 32.1 Å². The SMILES string of the molecule is [CH-]1CCCCC1.[CH3-].[Cl-].[Cl-].[Zr+2].c1ccc2[cH-]ccc2c1.c1ccc2[cH-]ccc2c1. The Hall–Kier alpha value is -0.877. The van der Waals surface area contributed by atoms with Crippen molar-refractivity contribution in [3.8, 4) is 0 Å². The molecule has 0 nitrogen and oxygen atoms in total. The van der Waals surface area contributed by atoms with Gasteiger partial charge in [-0.25, -0.2) is 0 Å². The van der Waals surface area contributed by atoms with Crippen molar-refractivity contribution in [1.82, 2.24) is 0 Å². The van der Waals surface area contributed by atoms with Gasteiger partial charge in [-0.1, -0.05) is 31.4 Å². The van der Waals surface area contributed by atoms with Gasteiger partial charge in [0.2, 0.25) is 0 Å². The van der Waals surface area contributed by atoms with E-state index in [0.29, 0.717) is 0 Å². The summed E-state index contributed by atoms with van der Waals surface area (Å²) in [4.78, 5) is 0. The molecule has 3 heteroatoms. The van der Waals surface area contributed by atoms with E-state index in [1.807, 2.05) is 0 Å². The summed E-state index contributed by atoms with van der Waals surface area (Å²) in [6.45, 7) is 0. The molecule has 0 amide bonds. The third-order valence-corrected chi connectivity index (χ3v) is 4.41. The average molecular weight is 491 g/mol. The van der Waals surface area contributed by atoms with Gasteiger partial charge in [-0.2, -0.15) is 47.9 Å². The van der Waals surface area contributed by atoms with Crippen LogP contribution in [0, 0.1) is 13.8 Å². The molecule has 5 rings (SSSR count). The molecular formula is C25H28Cl2Zr-4. The van der Waals surface area contributed by atoms with Gasteiger partial charge in [0.1, 0.15) is 0 Å². The van der Waals surface area contributed by atoms with Crippen molar-refractivity contribution in [2.75, 3.05) is 0 Å². The van der Waals surface area contributed by atoms with Crippen molar-refractivity contribution in [2.45, 2.75) is 32.1 Å².